The fraction of sp³-hybridized carbons (Fsp3) is 0.0833. The predicted molar refractivity (Wildman–Crippen MR) is 121 cm³/mol. The number of fused-ring (bicyclic) bond motifs is 1. The number of nitro benzene ring substituents is 1. The Morgan fingerprint density at radius 2 is 1.88 bits per heavy atom. The molecule has 0 spiro atoms. The molecule has 33 heavy (non-hydrogen) atoms. The lowest BCUT2D eigenvalue weighted by Gasteiger charge is -2.10. The van der Waals surface area contributed by atoms with E-state index in [1.54, 1.807) is 6.07 Å². The maximum absolute atomic E-state index is 12.9. The SMILES string of the molecule is CCc1ccccc1Oc1coc2cc(OC(=O)c3cc([N+](=O)[O-])ccc3Cl)ccc2c1=O. The number of aryl methyl sites for hydroxylation is 1. The van der Waals surface area contributed by atoms with Crippen LogP contribution in [0.3, 0.4) is 0 Å². The first-order chi connectivity index (χ1) is 15.9. The van der Waals surface area contributed by atoms with Crippen LogP contribution in [0.2, 0.25) is 5.02 Å². The summed E-state index contributed by atoms with van der Waals surface area (Å²) < 4.78 is 16.6. The Labute approximate surface area is 192 Å². The van der Waals surface area contributed by atoms with Crippen LogP contribution in [0.5, 0.6) is 17.2 Å². The third-order valence-electron chi connectivity index (χ3n) is 4.88. The summed E-state index contributed by atoms with van der Waals surface area (Å²) in [6.45, 7) is 1.98. The second kappa shape index (κ2) is 9.13. The second-order valence-electron chi connectivity index (χ2n) is 6.96. The van der Waals surface area contributed by atoms with E-state index in [1.807, 2.05) is 25.1 Å². The van der Waals surface area contributed by atoms with Gasteiger partial charge in [-0.15, -0.1) is 0 Å². The summed E-state index contributed by atoms with van der Waals surface area (Å²) in [5.74, 6) is -0.229. The zero-order valence-electron chi connectivity index (χ0n) is 17.2. The first-order valence-corrected chi connectivity index (χ1v) is 10.2. The van der Waals surface area contributed by atoms with Crippen LogP contribution in [0, 0.1) is 10.1 Å². The van der Waals surface area contributed by atoms with Gasteiger partial charge in [0.25, 0.3) is 5.69 Å². The minimum absolute atomic E-state index is 0.00655. The van der Waals surface area contributed by atoms with Crippen molar-refractivity contribution < 1.29 is 23.6 Å². The molecule has 0 fully saturated rings. The Bertz CT molecular complexity index is 1440. The molecule has 1 aromatic heterocycles. The Morgan fingerprint density at radius 1 is 1.09 bits per heavy atom. The zero-order valence-corrected chi connectivity index (χ0v) is 18.0. The fourth-order valence-electron chi connectivity index (χ4n) is 3.18. The summed E-state index contributed by atoms with van der Waals surface area (Å²) in [7, 11) is 0. The molecule has 0 bridgehead atoms. The molecule has 8 nitrogen and oxygen atoms in total. The van der Waals surface area contributed by atoms with E-state index in [4.69, 9.17) is 25.5 Å². The molecule has 0 aliphatic rings. The molecule has 0 aliphatic heterocycles. The summed E-state index contributed by atoms with van der Waals surface area (Å²) in [6, 6.07) is 15.0. The number of ether oxygens (including phenoxy) is 2. The number of nitrogens with zero attached hydrogens (tertiary/aromatic N) is 1. The number of halogens is 1. The largest absolute Gasteiger partial charge is 0.460 e. The molecule has 0 saturated heterocycles. The number of carbonyl (C=O) groups excluding carboxylic acids is 1. The Hall–Kier alpha value is -4.17. The van der Waals surface area contributed by atoms with Crippen LogP contribution in [-0.4, -0.2) is 10.9 Å². The zero-order chi connectivity index (χ0) is 23.5. The van der Waals surface area contributed by atoms with E-state index in [1.165, 1.54) is 36.6 Å². The monoisotopic (exact) mass is 465 g/mol. The van der Waals surface area contributed by atoms with Crippen molar-refractivity contribution in [2.24, 2.45) is 0 Å². The van der Waals surface area contributed by atoms with Gasteiger partial charge < -0.3 is 13.9 Å². The number of carbonyl (C=O) groups is 1. The highest BCUT2D eigenvalue weighted by Gasteiger charge is 2.19. The lowest BCUT2D eigenvalue weighted by molar-refractivity contribution is -0.384. The average molecular weight is 466 g/mol. The van der Waals surface area contributed by atoms with Gasteiger partial charge in [-0.3, -0.25) is 14.9 Å². The first-order valence-electron chi connectivity index (χ1n) is 9.85. The van der Waals surface area contributed by atoms with Gasteiger partial charge in [-0.25, -0.2) is 4.79 Å². The highest BCUT2D eigenvalue weighted by atomic mass is 35.5. The smallest absolute Gasteiger partial charge is 0.345 e. The van der Waals surface area contributed by atoms with Crippen molar-refractivity contribution in [3.63, 3.8) is 0 Å². The lowest BCUT2D eigenvalue weighted by atomic mass is 10.1. The molecule has 3 aromatic carbocycles. The summed E-state index contributed by atoms with van der Waals surface area (Å²) in [4.78, 5) is 35.7. The molecule has 9 heteroatoms. The van der Waals surface area contributed by atoms with Crippen LogP contribution in [0.1, 0.15) is 22.8 Å². The van der Waals surface area contributed by atoms with Crippen LogP contribution >= 0.6 is 11.6 Å². The van der Waals surface area contributed by atoms with Gasteiger partial charge in [0.05, 0.1) is 20.9 Å². The predicted octanol–water partition coefficient (Wildman–Crippen LogP) is 5.93. The van der Waals surface area contributed by atoms with E-state index in [2.05, 4.69) is 0 Å². The maximum atomic E-state index is 12.9. The van der Waals surface area contributed by atoms with Crippen molar-refractivity contribution in [3.05, 3.63) is 103 Å². The van der Waals surface area contributed by atoms with Gasteiger partial charge in [-0.1, -0.05) is 36.7 Å². The van der Waals surface area contributed by atoms with Gasteiger partial charge in [-0.05, 0) is 36.2 Å². The van der Waals surface area contributed by atoms with Crippen molar-refractivity contribution in [3.8, 4) is 17.2 Å². The molecular weight excluding hydrogens is 450 g/mol. The van der Waals surface area contributed by atoms with Crippen LogP contribution in [0.15, 0.2) is 76.1 Å². The molecule has 4 rings (SSSR count). The molecule has 0 aliphatic carbocycles. The number of rotatable bonds is 6. The van der Waals surface area contributed by atoms with E-state index in [-0.39, 0.29) is 44.2 Å². The minimum atomic E-state index is -0.887. The minimum Gasteiger partial charge on any atom is -0.460 e. The van der Waals surface area contributed by atoms with Gasteiger partial charge >= 0.3 is 5.97 Å². The number of non-ortho nitro benzene ring substituents is 1. The molecule has 0 saturated carbocycles. The van der Waals surface area contributed by atoms with Crippen molar-refractivity contribution in [2.75, 3.05) is 0 Å². The van der Waals surface area contributed by atoms with E-state index in [0.717, 1.165) is 18.1 Å². The molecule has 0 radical (unpaired) electrons. The molecule has 4 aromatic rings. The average Bonchev–Trinajstić information content (AvgIpc) is 2.81. The molecule has 166 valence electrons. The van der Waals surface area contributed by atoms with Crippen molar-refractivity contribution in [1.29, 1.82) is 0 Å². The summed E-state index contributed by atoms with van der Waals surface area (Å²) >= 11 is 5.99. The topological polar surface area (TPSA) is 109 Å². The van der Waals surface area contributed by atoms with Gasteiger partial charge in [0.1, 0.15) is 23.3 Å². The third kappa shape index (κ3) is 4.56. The van der Waals surface area contributed by atoms with Gasteiger partial charge in [-0.2, -0.15) is 0 Å². The quantitative estimate of drug-likeness (QED) is 0.150. The van der Waals surface area contributed by atoms with Gasteiger partial charge in [0, 0.05) is 18.2 Å². The maximum Gasteiger partial charge on any atom is 0.345 e. The number of para-hydroxylation sites is 1. The number of hydrogen-bond donors (Lipinski definition) is 0. The standard InChI is InChI=1S/C24H16ClNO7/c1-2-14-5-3-4-6-20(14)33-22-13-31-21-12-16(8-9-17(21)23(22)27)32-24(28)18-11-15(26(29)30)7-10-19(18)25/h3-13H,2H2,1H3. The van der Waals surface area contributed by atoms with Crippen LogP contribution in [-0.2, 0) is 6.42 Å². The normalized spacial score (nSPS) is 10.7. The Morgan fingerprint density at radius 3 is 2.64 bits per heavy atom. The van der Waals surface area contributed by atoms with E-state index >= 15 is 0 Å². The Kier molecular flexibility index (Phi) is 6.10. The number of benzene rings is 3. The number of hydrogen-bond acceptors (Lipinski definition) is 7. The third-order valence-corrected chi connectivity index (χ3v) is 5.21. The summed E-state index contributed by atoms with van der Waals surface area (Å²) in [5.41, 5.74) is 0.270. The lowest BCUT2D eigenvalue weighted by Crippen LogP contribution is -2.10. The van der Waals surface area contributed by atoms with Crippen molar-refractivity contribution in [1.82, 2.24) is 0 Å². The van der Waals surface area contributed by atoms with Crippen LogP contribution in [0.25, 0.3) is 11.0 Å². The highest BCUT2D eigenvalue weighted by Crippen LogP contribution is 2.28. The fourth-order valence-corrected chi connectivity index (χ4v) is 3.38. The molecule has 0 amide bonds. The van der Waals surface area contributed by atoms with Gasteiger partial charge in [0.2, 0.25) is 11.2 Å². The van der Waals surface area contributed by atoms with E-state index < -0.39 is 10.9 Å². The van der Waals surface area contributed by atoms with Crippen LogP contribution < -0.4 is 14.9 Å². The molecule has 1 heterocycles. The highest BCUT2D eigenvalue weighted by molar-refractivity contribution is 6.33. The van der Waals surface area contributed by atoms with E-state index in [9.17, 15) is 19.7 Å². The van der Waals surface area contributed by atoms with Crippen molar-refractivity contribution >= 4 is 34.2 Å². The Balaban J connectivity index is 1.61. The number of esters is 1. The summed E-state index contributed by atoms with van der Waals surface area (Å²) in [5, 5.41) is 11.2. The van der Waals surface area contributed by atoms with Crippen molar-refractivity contribution in [2.45, 2.75) is 13.3 Å². The second-order valence-corrected chi connectivity index (χ2v) is 7.37. The molecule has 0 unspecified atom stereocenters. The van der Waals surface area contributed by atoms with Gasteiger partial charge in [0.15, 0.2) is 0 Å². The first kappa shape index (κ1) is 22.0. The number of nitro groups is 1. The molecule has 0 N–H and O–H groups in total. The molecule has 0 atom stereocenters. The summed E-state index contributed by atoms with van der Waals surface area (Å²) in [6.07, 6.45) is 1.93. The van der Waals surface area contributed by atoms with E-state index in [0.29, 0.717) is 5.75 Å². The molecular formula is C24H16ClNO7. The van der Waals surface area contributed by atoms with Crippen LogP contribution in [0.4, 0.5) is 5.69 Å².